The number of phenols is 1. The SMILES string of the molecule is CN1CCC(C(CO)COc2cccc(O)c2)C1. The number of nitrogens with zero attached hydrogens (tertiary/aromatic N) is 1. The highest BCUT2D eigenvalue weighted by Gasteiger charge is 2.27. The van der Waals surface area contributed by atoms with E-state index in [9.17, 15) is 10.2 Å². The van der Waals surface area contributed by atoms with Crippen LogP contribution in [-0.2, 0) is 0 Å². The van der Waals surface area contributed by atoms with E-state index in [1.165, 1.54) is 0 Å². The van der Waals surface area contributed by atoms with Crippen LogP contribution in [0.2, 0.25) is 0 Å². The van der Waals surface area contributed by atoms with Crippen LogP contribution >= 0.6 is 0 Å². The summed E-state index contributed by atoms with van der Waals surface area (Å²) in [7, 11) is 2.10. The van der Waals surface area contributed by atoms with Crippen LogP contribution in [-0.4, -0.2) is 48.5 Å². The van der Waals surface area contributed by atoms with Crippen molar-refractivity contribution in [1.29, 1.82) is 0 Å². The molecule has 2 unspecified atom stereocenters. The van der Waals surface area contributed by atoms with E-state index in [2.05, 4.69) is 11.9 Å². The van der Waals surface area contributed by atoms with Crippen molar-refractivity contribution in [3.8, 4) is 11.5 Å². The normalized spacial score (nSPS) is 22.0. The van der Waals surface area contributed by atoms with Crippen LogP contribution in [0.3, 0.4) is 0 Å². The van der Waals surface area contributed by atoms with Crippen LogP contribution in [0.25, 0.3) is 0 Å². The van der Waals surface area contributed by atoms with E-state index in [0.29, 0.717) is 18.3 Å². The van der Waals surface area contributed by atoms with Crippen LogP contribution in [0.5, 0.6) is 11.5 Å². The maximum atomic E-state index is 9.46. The minimum Gasteiger partial charge on any atom is -0.508 e. The number of aliphatic hydroxyl groups excluding tert-OH is 1. The lowest BCUT2D eigenvalue weighted by Gasteiger charge is -2.21. The summed E-state index contributed by atoms with van der Waals surface area (Å²) >= 11 is 0. The standard InChI is InChI=1S/C14H21NO3/c1-15-6-5-11(8-15)12(9-16)10-18-14-4-2-3-13(17)7-14/h2-4,7,11-12,16-17H,5-6,8-10H2,1H3. The molecule has 0 saturated carbocycles. The highest BCUT2D eigenvalue weighted by Crippen LogP contribution is 2.25. The number of aromatic hydroxyl groups is 1. The summed E-state index contributed by atoms with van der Waals surface area (Å²) in [6.07, 6.45) is 1.12. The van der Waals surface area contributed by atoms with Crippen LogP contribution in [0.15, 0.2) is 24.3 Å². The third kappa shape index (κ3) is 3.37. The van der Waals surface area contributed by atoms with Crippen LogP contribution < -0.4 is 4.74 Å². The predicted octanol–water partition coefficient (Wildman–Crippen LogP) is 1.33. The molecule has 1 aromatic rings. The summed E-state index contributed by atoms with van der Waals surface area (Å²) < 4.78 is 5.65. The molecule has 0 spiro atoms. The molecule has 1 fully saturated rings. The second-order valence-corrected chi connectivity index (χ2v) is 5.06. The third-order valence-electron chi connectivity index (χ3n) is 3.61. The number of phenolic OH excluding ortho intramolecular Hbond substituents is 1. The molecule has 0 aliphatic carbocycles. The van der Waals surface area contributed by atoms with E-state index < -0.39 is 0 Å². The molecular formula is C14H21NO3. The molecule has 4 heteroatoms. The van der Waals surface area contributed by atoms with Crippen LogP contribution in [0, 0.1) is 11.8 Å². The Balaban J connectivity index is 1.87. The van der Waals surface area contributed by atoms with Crippen molar-refractivity contribution in [3.05, 3.63) is 24.3 Å². The molecular weight excluding hydrogens is 230 g/mol. The largest absolute Gasteiger partial charge is 0.508 e. The minimum atomic E-state index is 0.150. The Morgan fingerprint density at radius 2 is 2.33 bits per heavy atom. The summed E-state index contributed by atoms with van der Waals surface area (Å²) in [6, 6.07) is 6.77. The maximum absolute atomic E-state index is 9.46. The van der Waals surface area contributed by atoms with Crippen molar-refractivity contribution < 1.29 is 14.9 Å². The number of hydrogen-bond donors (Lipinski definition) is 2. The van der Waals surface area contributed by atoms with E-state index in [0.717, 1.165) is 19.5 Å². The van der Waals surface area contributed by atoms with Gasteiger partial charge in [0.15, 0.2) is 0 Å². The first kappa shape index (κ1) is 13.2. The topological polar surface area (TPSA) is 52.9 Å². The van der Waals surface area contributed by atoms with Gasteiger partial charge in [0.05, 0.1) is 6.61 Å². The van der Waals surface area contributed by atoms with Gasteiger partial charge in [-0.25, -0.2) is 0 Å². The fraction of sp³-hybridized carbons (Fsp3) is 0.571. The van der Waals surface area contributed by atoms with Gasteiger partial charge in [0.25, 0.3) is 0 Å². The fourth-order valence-electron chi connectivity index (χ4n) is 2.47. The number of ether oxygens (including phenoxy) is 1. The smallest absolute Gasteiger partial charge is 0.122 e. The highest BCUT2D eigenvalue weighted by atomic mass is 16.5. The Labute approximate surface area is 108 Å². The van der Waals surface area contributed by atoms with E-state index in [-0.39, 0.29) is 18.3 Å². The van der Waals surface area contributed by atoms with Gasteiger partial charge >= 0.3 is 0 Å². The Morgan fingerprint density at radius 3 is 2.94 bits per heavy atom. The van der Waals surface area contributed by atoms with Crippen molar-refractivity contribution in [2.45, 2.75) is 6.42 Å². The number of hydrogen-bond acceptors (Lipinski definition) is 4. The van der Waals surface area contributed by atoms with Crippen molar-refractivity contribution in [3.63, 3.8) is 0 Å². The van der Waals surface area contributed by atoms with Gasteiger partial charge in [-0.3, -0.25) is 0 Å². The number of benzene rings is 1. The maximum Gasteiger partial charge on any atom is 0.122 e. The van der Waals surface area contributed by atoms with Crippen molar-refractivity contribution in [2.75, 3.05) is 33.4 Å². The molecule has 0 radical (unpaired) electrons. The lowest BCUT2D eigenvalue weighted by atomic mass is 9.93. The van der Waals surface area contributed by atoms with Crippen molar-refractivity contribution in [1.82, 2.24) is 4.90 Å². The van der Waals surface area contributed by atoms with Gasteiger partial charge in [-0.2, -0.15) is 0 Å². The van der Waals surface area contributed by atoms with E-state index in [1.807, 2.05) is 6.07 Å². The minimum absolute atomic E-state index is 0.150. The van der Waals surface area contributed by atoms with Gasteiger partial charge in [-0.15, -0.1) is 0 Å². The molecule has 2 atom stereocenters. The predicted molar refractivity (Wildman–Crippen MR) is 69.8 cm³/mol. The molecule has 100 valence electrons. The molecule has 1 saturated heterocycles. The van der Waals surface area contributed by atoms with Gasteiger partial charge in [0.2, 0.25) is 0 Å². The lowest BCUT2D eigenvalue weighted by Crippen LogP contribution is -2.27. The molecule has 1 aliphatic rings. The average molecular weight is 251 g/mol. The highest BCUT2D eigenvalue weighted by molar-refractivity contribution is 5.31. The Kier molecular flexibility index (Phi) is 4.44. The average Bonchev–Trinajstić information content (AvgIpc) is 2.77. The summed E-state index contributed by atoms with van der Waals surface area (Å²) in [5.74, 6) is 1.52. The molecule has 2 rings (SSSR count). The summed E-state index contributed by atoms with van der Waals surface area (Å²) in [6.45, 7) is 2.76. The van der Waals surface area contributed by atoms with Crippen LogP contribution in [0.1, 0.15) is 6.42 Å². The molecule has 0 aromatic heterocycles. The monoisotopic (exact) mass is 251 g/mol. The second-order valence-electron chi connectivity index (χ2n) is 5.06. The van der Waals surface area contributed by atoms with Crippen LogP contribution in [0.4, 0.5) is 0 Å². The number of aliphatic hydroxyl groups is 1. The van der Waals surface area contributed by atoms with Gasteiger partial charge in [0, 0.05) is 25.1 Å². The van der Waals surface area contributed by atoms with E-state index >= 15 is 0 Å². The quantitative estimate of drug-likeness (QED) is 0.829. The Morgan fingerprint density at radius 1 is 1.50 bits per heavy atom. The molecule has 18 heavy (non-hydrogen) atoms. The van der Waals surface area contributed by atoms with Gasteiger partial charge in [0.1, 0.15) is 11.5 Å². The number of rotatable bonds is 5. The first-order chi connectivity index (χ1) is 8.69. The van der Waals surface area contributed by atoms with Gasteiger partial charge < -0.3 is 19.8 Å². The molecule has 0 amide bonds. The molecule has 1 heterocycles. The van der Waals surface area contributed by atoms with Gasteiger partial charge in [-0.1, -0.05) is 6.07 Å². The summed E-state index contributed by atoms with van der Waals surface area (Å²) in [4.78, 5) is 2.28. The summed E-state index contributed by atoms with van der Waals surface area (Å²) in [5, 5.41) is 18.8. The first-order valence-electron chi connectivity index (χ1n) is 6.40. The summed E-state index contributed by atoms with van der Waals surface area (Å²) in [5.41, 5.74) is 0. The molecule has 0 bridgehead atoms. The molecule has 1 aliphatic heterocycles. The van der Waals surface area contributed by atoms with E-state index in [1.54, 1.807) is 18.2 Å². The zero-order valence-electron chi connectivity index (χ0n) is 10.7. The van der Waals surface area contributed by atoms with Gasteiger partial charge in [-0.05, 0) is 38.1 Å². The van der Waals surface area contributed by atoms with Crippen molar-refractivity contribution >= 4 is 0 Å². The second kappa shape index (κ2) is 6.07. The molecule has 1 aromatic carbocycles. The lowest BCUT2D eigenvalue weighted by molar-refractivity contribution is 0.120. The van der Waals surface area contributed by atoms with E-state index in [4.69, 9.17) is 4.74 Å². The third-order valence-corrected chi connectivity index (χ3v) is 3.61. The first-order valence-corrected chi connectivity index (χ1v) is 6.40. The Bertz CT molecular complexity index is 383. The molecule has 2 N–H and O–H groups in total. The Hall–Kier alpha value is -1.26. The molecule has 4 nitrogen and oxygen atoms in total. The zero-order valence-corrected chi connectivity index (χ0v) is 10.7. The number of likely N-dealkylation sites (tertiary alicyclic amines) is 1. The fourth-order valence-corrected chi connectivity index (χ4v) is 2.47. The zero-order chi connectivity index (χ0) is 13.0. The van der Waals surface area contributed by atoms with Crippen molar-refractivity contribution in [2.24, 2.45) is 11.8 Å².